The summed E-state index contributed by atoms with van der Waals surface area (Å²) in [6.07, 6.45) is 8.10. The maximum Gasteiger partial charge on any atom is 0.254 e. The van der Waals surface area contributed by atoms with E-state index in [4.69, 9.17) is 4.98 Å². The quantitative estimate of drug-likeness (QED) is 0.408. The van der Waals surface area contributed by atoms with Gasteiger partial charge in [0, 0.05) is 54.2 Å². The lowest BCUT2D eigenvalue weighted by Crippen LogP contribution is -2.64. The zero-order chi connectivity index (χ0) is 24.7. The van der Waals surface area contributed by atoms with Gasteiger partial charge in [-0.1, -0.05) is 20.8 Å². The molecule has 2 aliphatic heterocycles. The topological polar surface area (TPSA) is 74.2 Å². The van der Waals surface area contributed by atoms with E-state index in [9.17, 15) is 4.79 Å². The number of fused-ring (bicyclic) bond motifs is 6. The highest BCUT2D eigenvalue weighted by Gasteiger charge is 2.57. The van der Waals surface area contributed by atoms with E-state index in [1.54, 1.807) is 6.20 Å². The van der Waals surface area contributed by atoms with Crippen molar-refractivity contribution < 1.29 is 4.79 Å². The van der Waals surface area contributed by atoms with Crippen LogP contribution in [0.5, 0.6) is 0 Å². The standard InChI is InChI=1S/C30H29N5O/c1-29(2)26-15-21-14-24-25(34-27(33-24)20-5-4-10-31-17-20)16-22(21)30(29,3)9-12-35(26)28(36)19-6-7-23-18(13-19)8-11-32-23/h4-7,10-11,13-14,16-17,26H,8-9,12,15H2,1-3H3,(H,33,34)/t26-,30+/m1/s1. The van der Waals surface area contributed by atoms with E-state index in [0.717, 1.165) is 65.0 Å². The van der Waals surface area contributed by atoms with Crippen LogP contribution in [0, 0.1) is 5.41 Å². The largest absolute Gasteiger partial charge is 0.338 e. The number of carbonyl (C=O) groups excluding carboxylic acids is 1. The van der Waals surface area contributed by atoms with Gasteiger partial charge in [0.1, 0.15) is 5.82 Å². The highest BCUT2D eigenvalue weighted by Crippen LogP contribution is 2.56. The molecule has 1 fully saturated rings. The molecule has 180 valence electrons. The first-order valence-electron chi connectivity index (χ1n) is 12.8. The number of piperidine rings is 1. The second-order valence-electron chi connectivity index (χ2n) is 11.2. The first-order valence-corrected chi connectivity index (χ1v) is 12.8. The number of likely N-dealkylation sites (tertiary alicyclic amines) is 1. The maximum absolute atomic E-state index is 13.8. The number of pyridine rings is 1. The molecular formula is C30H29N5O. The third kappa shape index (κ3) is 2.90. The Morgan fingerprint density at radius 1 is 1.11 bits per heavy atom. The summed E-state index contributed by atoms with van der Waals surface area (Å²) in [5, 5.41) is 0. The van der Waals surface area contributed by atoms with E-state index >= 15 is 0 Å². The lowest BCUT2D eigenvalue weighted by atomic mass is 9.51. The molecule has 1 N–H and O–H groups in total. The van der Waals surface area contributed by atoms with Gasteiger partial charge in [-0.15, -0.1) is 0 Å². The van der Waals surface area contributed by atoms with Gasteiger partial charge < -0.3 is 9.88 Å². The predicted molar refractivity (Wildman–Crippen MR) is 142 cm³/mol. The minimum atomic E-state index is -0.0795. The highest BCUT2D eigenvalue weighted by molar-refractivity contribution is 5.96. The number of nitrogens with zero attached hydrogens (tertiary/aromatic N) is 4. The van der Waals surface area contributed by atoms with Crippen molar-refractivity contribution in [3.8, 4) is 11.4 Å². The fourth-order valence-corrected chi connectivity index (χ4v) is 6.72. The van der Waals surface area contributed by atoms with Gasteiger partial charge in [0.15, 0.2) is 0 Å². The third-order valence-corrected chi connectivity index (χ3v) is 9.26. The average molecular weight is 476 g/mol. The number of aromatic nitrogens is 3. The summed E-state index contributed by atoms with van der Waals surface area (Å²) in [6.45, 7) is 7.82. The summed E-state index contributed by atoms with van der Waals surface area (Å²) < 4.78 is 0. The zero-order valence-corrected chi connectivity index (χ0v) is 20.9. The van der Waals surface area contributed by atoms with Crippen LogP contribution < -0.4 is 0 Å². The normalized spacial score (nSPS) is 23.5. The Balaban J connectivity index is 1.29. The Morgan fingerprint density at radius 2 is 2.00 bits per heavy atom. The van der Waals surface area contributed by atoms with E-state index in [2.05, 4.69) is 52.8 Å². The maximum atomic E-state index is 13.8. The first-order chi connectivity index (χ1) is 17.3. The van der Waals surface area contributed by atoms with Crippen molar-refractivity contribution in [1.29, 1.82) is 0 Å². The number of aliphatic imine (C=N–C) groups is 1. The van der Waals surface area contributed by atoms with Gasteiger partial charge in [0.05, 0.1) is 16.7 Å². The molecule has 36 heavy (non-hydrogen) atoms. The number of H-pyrrole nitrogens is 1. The van der Waals surface area contributed by atoms with Crippen molar-refractivity contribution in [2.75, 3.05) is 6.54 Å². The van der Waals surface area contributed by atoms with Crippen molar-refractivity contribution in [2.24, 2.45) is 10.4 Å². The minimum Gasteiger partial charge on any atom is -0.338 e. The number of benzene rings is 2. The van der Waals surface area contributed by atoms with Gasteiger partial charge in [-0.3, -0.25) is 14.8 Å². The molecule has 6 heteroatoms. The molecule has 2 aromatic carbocycles. The van der Waals surface area contributed by atoms with E-state index in [0.29, 0.717) is 0 Å². The fourth-order valence-electron chi connectivity index (χ4n) is 6.72. The average Bonchev–Trinajstić information content (AvgIpc) is 3.52. The van der Waals surface area contributed by atoms with Crippen LogP contribution in [-0.2, 0) is 18.3 Å². The van der Waals surface area contributed by atoms with Gasteiger partial charge in [-0.2, -0.15) is 0 Å². The Labute approximate surface area is 210 Å². The van der Waals surface area contributed by atoms with Crippen LogP contribution in [0.1, 0.15) is 54.2 Å². The molecule has 1 aliphatic carbocycles. The molecule has 6 nitrogen and oxygen atoms in total. The summed E-state index contributed by atoms with van der Waals surface area (Å²) in [5.41, 5.74) is 8.47. The second-order valence-corrected chi connectivity index (χ2v) is 11.2. The van der Waals surface area contributed by atoms with E-state index in [1.165, 1.54) is 11.1 Å². The van der Waals surface area contributed by atoms with Gasteiger partial charge >= 0.3 is 0 Å². The number of hydrogen-bond donors (Lipinski definition) is 1. The zero-order valence-electron chi connectivity index (χ0n) is 20.9. The van der Waals surface area contributed by atoms with E-state index in [-0.39, 0.29) is 22.8 Å². The van der Waals surface area contributed by atoms with Gasteiger partial charge in [0.2, 0.25) is 0 Å². The molecule has 0 spiro atoms. The van der Waals surface area contributed by atoms with Gasteiger partial charge in [-0.05, 0) is 77.4 Å². The highest BCUT2D eigenvalue weighted by atomic mass is 16.2. The molecule has 1 saturated heterocycles. The molecule has 4 heterocycles. The fraction of sp³-hybridized carbons (Fsp3) is 0.333. The summed E-state index contributed by atoms with van der Waals surface area (Å²) in [4.78, 5) is 33.0. The van der Waals surface area contributed by atoms with Crippen LogP contribution in [0.25, 0.3) is 22.4 Å². The molecule has 0 saturated carbocycles. The number of imidazole rings is 1. The van der Waals surface area contributed by atoms with Crippen LogP contribution in [-0.4, -0.2) is 44.6 Å². The number of amides is 1. The van der Waals surface area contributed by atoms with Crippen LogP contribution in [0.2, 0.25) is 0 Å². The monoisotopic (exact) mass is 475 g/mol. The third-order valence-electron chi connectivity index (χ3n) is 9.26. The molecule has 1 amide bonds. The Bertz CT molecular complexity index is 1570. The summed E-state index contributed by atoms with van der Waals surface area (Å²) in [6, 6.07) is 14.6. The van der Waals surface area contributed by atoms with E-state index < -0.39 is 0 Å². The Hall–Kier alpha value is -3.80. The van der Waals surface area contributed by atoms with Crippen LogP contribution in [0.3, 0.4) is 0 Å². The molecule has 4 aromatic rings. The predicted octanol–water partition coefficient (Wildman–Crippen LogP) is 5.64. The summed E-state index contributed by atoms with van der Waals surface area (Å²) in [5.74, 6) is 0.972. The second kappa shape index (κ2) is 7.36. The molecular weight excluding hydrogens is 446 g/mol. The number of rotatable bonds is 2. The van der Waals surface area contributed by atoms with Gasteiger partial charge in [0.25, 0.3) is 5.91 Å². The molecule has 0 radical (unpaired) electrons. The van der Waals surface area contributed by atoms with E-state index in [1.807, 2.05) is 42.7 Å². The summed E-state index contributed by atoms with van der Waals surface area (Å²) >= 11 is 0. The molecule has 2 bridgehead atoms. The van der Waals surface area contributed by atoms with Crippen LogP contribution in [0.15, 0.2) is 59.9 Å². The lowest BCUT2D eigenvalue weighted by Gasteiger charge is -2.60. The first kappa shape index (κ1) is 21.5. The Morgan fingerprint density at radius 3 is 2.83 bits per heavy atom. The number of nitrogens with one attached hydrogen (secondary N) is 1. The van der Waals surface area contributed by atoms with Crippen LogP contribution in [0.4, 0.5) is 5.69 Å². The summed E-state index contributed by atoms with van der Waals surface area (Å²) in [7, 11) is 0. The molecule has 7 rings (SSSR count). The molecule has 3 aliphatic rings. The Kier molecular flexibility index (Phi) is 4.39. The van der Waals surface area contributed by atoms with Crippen molar-refractivity contribution in [3.05, 3.63) is 77.1 Å². The lowest BCUT2D eigenvalue weighted by molar-refractivity contribution is -0.0261. The van der Waals surface area contributed by atoms with Crippen molar-refractivity contribution in [3.63, 3.8) is 0 Å². The minimum absolute atomic E-state index is 0.0462. The molecule has 2 atom stereocenters. The molecule has 0 unspecified atom stereocenters. The van der Waals surface area contributed by atoms with Crippen LogP contribution >= 0.6 is 0 Å². The van der Waals surface area contributed by atoms with Crippen molar-refractivity contribution in [2.45, 2.75) is 51.5 Å². The van der Waals surface area contributed by atoms with Crippen molar-refractivity contribution >= 4 is 28.8 Å². The number of hydrogen-bond acceptors (Lipinski definition) is 4. The number of aromatic amines is 1. The number of carbonyl (C=O) groups is 1. The molecule has 2 aromatic heterocycles. The smallest absolute Gasteiger partial charge is 0.254 e. The van der Waals surface area contributed by atoms with Crippen molar-refractivity contribution in [1.82, 2.24) is 19.9 Å². The SMILES string of the molecule is CC1(C)[C@H]2Cc3cc4[nH]c(-c5cccnc5)nc4cc3[C@]1(C)CCN2C(=O)c1ccc2c(c1)CC=N2. The van der Waals surface area contributed by atoms with Gasteiger partial charge in [-0.25, -0.2) is 4.98 Å².